The van der Waals surface area contributed by atoms with E-state index in [4.69, 9.17) is 0 Å². The van der Waals surface area contributed by atoms with Crippen LogP contribution in [0.1, 0.15) is 31.9 Å². The molecule has 1 heterocycles. The molecule has 0 radical (unpaired) electrons. The molecule has 4 nitrogen and oxygen atoms in total. The SMILES string of the molecule is CC[C@@H](O)CNC(C)c1ccc(-n2cccn2)cc1. The van der Waals surface area contributed by atoms with E-state index in [2.05, 4.69) is 41.6 Å². The fourth-order valence-electron chi connectivity index (χ4n) is 1.91. The van der Waals surface area contributed by atoms with Crippen LogP contribution in [0.25, 0.3) is 5.69 Å². The molecule has 2 aromatic rings. The summed E-state index contributed by atoms with van der Waals surface area (Å²) in [6.45, 7) is 4.71. The molecule has 102 valence electrons. The number of nitrogens with zero attached hydrogens (tertiary/aromatic N) is 2. The molecule has 2 N–H and O–H groups in total. The maximum atomic E-state index is 9.55. The Bertz CT molecular complexity index is 479. The molecule has 2 rings (SSSR count). The zero-order valence-electron chi connectivity index (χ0n) is 11.5. The molecule has 0 spiro atoms. The van der Waals surface area contributed by atoms with Crippen LogP contribution in [0.4, 0.5) is 0 Å². The summed E-state index contributed by atoms with van der Waals surface area (Å²) in [5.41, 5.74) is 2.26. The van der Waals surface area contributed by atoms with Crippen LogP contribution in [0, 0.1) is 0 Å². The summed E-state index contributed by atoms with van der Waals surface area (Å²) >= 11 is 0. The first-order valence-electron chi connectivity index (χ1n) is 6.72. The third-order valence-corrected chi connectivity index (χ3v) is 3.29. The summed E-state index contributed by atoms with van der Waals surface area (Å²) < 4.78 is 1.84. The second kappa shape index (κ2) is 6.50. The van der Waals surface area contributed by atoms with Crippen molar-refractivity contribution in [3.63, 3.8) is 0 Å². The maximum absolute atomic E-state index is 9.55. The molecule has 0 amide bonds. The largest absolute Gasteiger partial charge is 0.392 e. The van der Waals surface area contributed by atoms with Gasteiger partial charge in [-0.2, -0.15) is 5.10 Å². The lowest BCUT2D eigenvalue weighted by atomic mass is 10.1. The Kier molecular flexibility index (Phi) is 4.71. The highest BCUT2D eigenvalue weighted by Crippen LogP contribution is 2.15. The van der Waals surface area contributed by atoms with Crippen molar-refractivity contribution in [2.75, 3.05) is 6.54 Å². The second-order valence-electron chi connectivity index (χ2n) is 4.73. The van der Waals surface area contributed by atoms with Gasteiger partial charge in [0.1, 0.15) is 0 Å². The monoisotopic (exact) mass is 259 g/mol. The van der Waals surface area contributed by atoms with Gasteiger partial charge >= 0.3 is 0 Å². The number of aromatic nitrogens is 2. The fraction of sp³-hybridized carbons (Fsp3) is 0.400. The summed E-state index contributed by atoms with van der Waals surface area (Å²) in [6, 6.07) is 10.4. The van der Waals surface area contributed by atoms with Crippen molar-refractivity contribution < 1.29 is 5.11 Å². The fourth-order valence-corrected chi connectivity index (χ4v) is 1.91. The Balaban J connectivity index is 1.98. The predicted molar refractivity (Wildman–Crippen MR) is 76.3 cm³/mol. The quantitative estimate of drug-likeness (QED) is 0.837. The third-order valence-electron chi connectivity index (χ3n) is 3.29. The first-order valence-corrected chi connectivity index (χ1v) is 6.72. The molecule has 2 atom stereocenters. The van der Waals surface area contributed by atoms with Gasteiger partial charge in [-0.1, -0.05) is 19.1 Å². The summed E-state index contributed by atoms with van der Waals surface area (Å²) in [5, 5.41) is 17.1. The second-order valence-corrected chi connectivity index (χ2v) is 4.73. The average molecular weight is 259 g/mol. The van der Waals surface area contributed by atoms with E-state index < -0.39 is 0 Å². The smallest absolute Gasteiger partial charge is 0.0662 e. The number of benzene rings is 1. The van der Waals surface area contributed by atoms with Gasteiger partial charge in [0.25, 0.3) is 0 Å². The number of aliphatic hydroxyl groups excluding tert-OH is 1. The molecule has 1 unspecified atom stereocenters. The lowest BCUT2D eigenvalue weighted by Gasteiger charge is -2.17. The lowest BCUT2D eigenvalue weighted by molar-refractivity contribution is 0.164. The van der Waals surface area contributed by atoms with Crippen LogP contribution in [0.2, 0.25) is 0 Å². The van der Waals surface area contributed by atoms with Crippen LogP contribution in [0.5, 0.6) is 0 Å². The normalized spacial score (nSPS) is 14.3. The Morgan fingerprint density at radius 3 is 2.63 bits per heavy atom. The zero-order valence-corrected chi connectivity index (χ0v) is 11.5. The van der Waals surface area contributed by atoms with Gasteiger partial charge in [-0.25, -0.2) is 4.68 Å². The van der Waals surface area contributed by atoms with E-state index in [0.29, 0.717) is 6.54 Å². The van der Waals surface area contributed by atoms with Gasteiger partial charge in [0.05, 0.1) is 11.8 Å². The van der Waals surface area contributed by atoms with Crippen molar-refractivity contribution in [1.29, 1.82) is 0 Å². The molecular weight excluding hydrogens is 238 g/mol. The van der Waals surface area contributed by atoms with Crippen molar-refractivity contribution in [3.8, 4) is 5.69 Å². The summed E-state index contributed by atoms with van der Waals surface area (Å²) in [6.07, 6.45) is 4.20. The highest BCUT2D eigenvalue weighted by molar-refractivity contribution is 5.34. The molecule has 4 heteroatoms. The van der Waals surface area contributed by atoms with E-state index in [0.717, 1.165) is 12.1 Å². The Hall–Kier alpha value is -1.65. The Labute approximate surface area is 114 Å². The standard InChI is InChI=1S/C15H21N3O/c1-3-15(19)11-16-12(2)13-5-7-14(8-6-13)18-10-4-9-17-18/h4-10,12,15-16,19H,3,11H2,1-2H3/t12?,15-/m1/s1. The number of nitrogens with one attached hydrogen (secondary N) is 1. The predicted octanol–water partition coefficient (Wildman–Crippen LogP) is 2.29. The summed E-state index contributed by atoms with van der Waals surface area (Å²) in [7, 11) is 0. The molecule has 1 aromatic carbocycles. The number of aliphatic hydroxyl groups is 1. The van der Waals surface area contributed by atoms with Gasteiger partial charge < -0.3 is 10.4 Å². The van der Waals surface area contributed by atoms with E-state index in [9.17, 15) is 5.11 Å². The van der Waals surface area contributed by atoms with Crippen molar-refractivity contribution in [2.24, 2.45) is 0 Å². The first kappa shape index (κ1) is 13.8. The molecule has 0 aliphatic rings. The van der Waals surface area contributed by atoms with Gasteiger partial charge in [-0.15, -0.1) is 0 Å². The van der Waals surface area contributed by atoms with Crippen molar-refractivity contribution in [3.05, 3.63) is 48.3 Å². The highest BCUT2D eigenvalue weighted by atomic mass is 16.3. The van der Waals surface area contributed by atoms with Crippen LogP contribution in [-0.4, -0.2) is 27.5 Å². The molecule has 0 fully saturated rings. The molecule has 0 aliphatic heterocycles. The third kappa shape index (κ3) is 3.66. The summed E-state index contributed by atoms with van der Waals surface area (Å²) in [4.78, 5) is 0. The number of hydrogen-bond acceptors (Lipinski definition) is 3. The lowest BCUT2D eigenvalue weighted by Crippen LogP contribution is -2.28. The topological polar surface area (TPSA) is 50.1 Å². The molecule has 1 aromatic heterocycles. The van der Waals surface area contributed by atoms with Crippen LogP contribution < -0.4 is 5.32 Å². The van der Waals surface area contributed by atoms with Gasteiger partial charge in [-0.05, 0) is 37.1 Å². The minimum atomic E-state index is -0.272. The zero-order chi connectivity index (χ0) is 13.7. The van der Waals surface area contributed by atoms with Crippen LogP contribution in [0.3, 0.4) is 0 Å². The number of rotatable bonds is 6. The molecule has 0 saturated heterocycles. The van der Waals surface area contributed by atoms with Gasteiger partial charge in [0.15, 0.2) is 0 Å². The van der Waals surface area contributed by atoms with Gasteiger partial charge in [0, 0.05) is 25.0 Å². The van der Waals surface area contributed by atoms with E-state index in [1.165, 1.54) is 5.56 Å². The molecule has 0 saturated carbocycles. The average Bonchev–Trinajstić information content (AvgIpc) is 2.98. The van der Waals surface area contributed by atoms with Crippen molar-refractivity contribution in [2.45, 2.75) is 32.4 Å². The van der Waals surface area contributed by atoms with Crippen molar-refractivity contribution in [1.82, 2.24) is 15.1 Å². The maximum Gasteiger partial charge on any atom is 0.0662 e. The minimum absolute atomic E-state index is 0.230. The Morgan fingerprint density at radius 2 is 2.05 bits per heavy atom. The van der Waals surface area contributed by atoms with E-state index in [-0.39, 0.29) is 12.1 Å². The molecule has 19 heavy (non-hydrogen) atoms. The number of hydrogen-bond donors (Lipinski definition) is 2. The summed E-state index contributed by atoms with van der Waals surface area (Å²) in [5.74, 6) is 0. The van der Waals surface area contributed by atoms with Gasteiger partial charge in [-0.3, -0.25) is 0 Å². The van der Waals surface area contributed by atoms with Crippen LogP contribution >= 0.6 is 0 Å². The van der Waals surface area contributed by atoms with E-state index in [1.54, 1.807) is 6.20 Å². The molecular formula is C15H21N3O. The van der Waals surface area contributed by atoms with E-state index in [1.807, 2.05) is 23.9 Å². The highest BCUT2D eigenvalue weighted by Gasteiger charge is 2.07. The molecule has 0 bridgehead atoms. The van der Waals surface area contributed by atoms with E-state index >= 15 is 0 Å². The Morgan fingerprint density at radius 1 is 1.32 bits per heavy atom. The van der Waals surface area contributed by atoms with Crippen molar-refractivity contribution >= 4 is 0 Å². The molecule has 0 aliphatic carbocycles. The van der Waals surface area contributed by atoms with Crippen LogP contribution in [0.15, 0.2) is 42.7 Å². The first-order chi connectivity index (χ1) is 9.20. The minimum Gasteiger partial charge on any atom is -0.392 e. The van der Waals surface area contributed by atoms with Crippen LogP contribution in [-0.2, 0) is 0 Å². The van der Waals surface area contributed by atoms with Gasteiger partial charge in [0.2, 0.25) is 0 Å².